The molecule has 1 saturated heterocycles. The topological polar surface area (TPSA) is 36.7 Å². The normalized spacial score (nSPS) is 17.8. The van der Waals surface area contributed by atoms with Crippen LogP contribution in [-0.2, 0) is 0 Å². The van der Waals surface area contributed by atoms with Gasteiger partial charge in [0.15, 0.2) is 10.4 Å². The van der Waals surface area contributed by atoms with Crippen molar-refractivity contribution in [3.05, 3.63) is 22.6 Å². The highest BCUT2D eigenvalue weighted by molar-refractivity contribution is 9.10. The maximum absolute atomic E-state index is 12.2. The molecular weight excluding hydrogens is 364 g/mol. The number of furan rings is 1. The molecule has 0 N–H and O–H groups in total. The lowest BCUT2D eigenvalue weighted by atomic mass is 10.3. The van der Waals surface area contributed by atoms with Crippen molar-refractivity contribution >= 4 is 37.8 Å². The van der Waals surface area contributed by atoms with Crippen molar-refractivity contribution in [3.8, 4) is 0 Å². The van der Waals surface area contributed by atoms with Crippen molar-refractivity contribution in [1.82, 2.24) is 9.80 Å². The van der Waals surface area contributed by atoms with Crippen molar-refractivity contribution in [1.29, 1.82) is 0 Å². The summed E-state index contributed by atoms with van der Waals surface area (Å²) in [5.41, 5.74) is 0. The minimum absolute atomic E-state index is 0.0126. The highest BCUT2D eigenvalue weighted by Crippen LogP contribution is 2.16. The van der Waals surface area contributed by atoms with E-state index in [1.165, 1.54) is 0 Å². The van der Waals surface area contributed by atoms with E-state index in [0.29, 0.717) is 10.4 Å². The van der Waals surface area contributed by atoms with E-state index in [1.54, 1.807) is 12.1 Å². The van der Waals surface area contributed by atoms with E-state index in [9.17, 15) is 4.79 Å². The maximum atomic E-state index is 12.2. The van der Waals surface area contributed by atoms with Crippen LogP contribution in [0.3, 0.4) is 0 Å². The fourth-order valence-corrected chi connectivity index (χ4v) is 2.91. The lowest BCUT2D eigenvalue weighted by Crippen LogP contribution is -2.35. The SMILES string of the molecule is O=C(c1ccc(Br)o1)N1CCCN(CCBr)CC1. The van der Waals surface area contributed by atoms with Crippen LogP contribution in [0.2, 0.25) is 0 Å². The van der Waals surface area contributed by atoms with E-state index in [-0.39, 0.29) is 5.91 Å². The lowest BCUT2D eigenvalue weighted by molar-refractivity contribution is 0.0728. The average Bonchev–Trinajstić information content (AvgIpc) is 2.65. The van der Waals surface area contributed by atoms with E-state index in [1.807, 2.05) is 4.90 Å². The standard InChI is InChI=1S/C12H16Br2N2O2/c13-4-7-15-5-1-6-16(9-8-15)12(17)10-2-3-11(14)18-10/h2-3H,1,4-9H2. The van der Waals surface area contributed by atoms with Gasteiger partial charge in [-0.3, -0.25) is 4.79 Å². The molecule has 1 aliphatic heterocycles. The number of halogens is 2. The van der Waals surface area contributed by atoms with Crippen molar-refractivity contribution in [2.24, 2.45) is 0 Å². The first kappa shape index (κ1) is 14.1. The Morgan fingerprint density at radius 2 is 2.11 bits per heavy atom. The molecule has 1 amide bonds. The molecule has 0 radical (unpaired) electrons. The summed E-state index contributed by atoms with van der Waals surface area (Å²) in [4.78, 5) is 16.5. The van der Waals surface area contributed by atoms with Crippen LogP contribution in [0.1, 0.15) is 17.0 Å². The Bertz CT molecular complexity index is 409. The largest absolute Gasteiger partial charge is 0.444 e. The molecule has 2 rings (SSSR count). The molecule has 4 nitrogen and oxygen atoms in total. The number of alkyl halides is 1. The molecule has 2 heterocycles. The zero-order valence-electron chi connectivity index (χ0n) is 10.1. The Labute approximate surface area is 124 Å². The van der Waals surface area contributed by atoms with Crippen molar-refractivity contribution in [2.75, 3.05) is 38.1 Å². The van der Waals surface area contributed by atoms with Crippen molar-refractivity contribution < 1.29 is 9.21 Å². The second-order valence-corrected chi connectivity index (χ2v) is 5.85. The molecule has 0 spiro atoms. The zero-order chi connectivity index (χ0) is 13.0. The average molecular weight is 380 g/mol. The highest BCUT2D eigenvalue weighted by atomic mass is 79.9. The molecule has 0 unspecified atom stereocenters. The van der Waals surface area contributed by atoms with E-state index in [0.717, 1.165) is 44.5 Å². The van der Waals surface area contributed by atoms with Gasteiger partial charge in [-0.25, -0.2) is 0 Å². The van der Waals surface area contributed by atoms with Crippen LogP contribution in [0.5, 0.6) is 0 Å². The Balaban J connectivity index is 1.95. The van der Waals surface area contributed by atoms with E-state index in [4.69, 9.17) is 4.42 Å². The minimum atomic E-state index is -0.0126. The number of amides is 1. The molecule has 1 aromatic rings. The molecule has 0 atom stereocenters. The van der Waals surface area contributed by atoms with Crippen LogP contribution in [0.15, 0.2) is 21.2 Å². The van der Waals surface area contributed by atoms with Crippen molar-refractivity contribution in [2.45, 2.75) is 6.42 Å². The molecule has 18 heavy (non-hydrogen) atoms. The fourth-order valence-electron chi connectivity index (χ4n) is 2.10. The third-order valence-corrected chi connectivity index (χ3v) is 3.84. The molecule has 1 aliphatic rings. The predicted octanol–water partition coefficient (Wildman–Crippen LogP) is 2.58. The number of hydrogen-bond donors (Lipinski definition) is 0. The molecular formula is C12H16Br2N2O2. The summed E-state index contributed by atoms with van der Waals surface area (Å²) >= 11 is 6.67. The Kier molecular flexibility index (Phi) is 5.26. The number of carbonyl (C=O) groups is 1. The van der Waals surface area contributed by atoms with E-state index < -0.39 is 0 Å². The molecule has 1 aromatic heterocycles. The van der Waals surface area contributed by atoms with Gasteiger partial charge in [-0.2, -0.15) is 0 Å². The van der Waals surface area contributed by atoms with E-state index in [2.05, 4.69) is 36.8 Å². The van der Waals surface area contributed by atoms with Gasteiger partial charge < -0.3 is 14.2 Å². The number of nitrogens with zero attached hydrogens (tertiary/aromatic N) is 2. The number of hydrogen-bond acceptors (Lipinski definition) is 3. The molecule has 1 fully saturated rings. The van der Waals surface area contributed by atoms with Gasteiger partial charge in [-0.15, -0.1) is 0 Å². The van der Waals surface area contributed by atoms with Crippen LogP contribution >= 0.6 is 31.9 Å². The Hall–Kier alpha value is -0.330. The minimum Gasteiger partial charge on any atom is -0.444 e. The zero-order valence-corrected chi connectivity index (χ0v) is 13.2. The summed E-state index contributed by atoms with van der Waals surface area (Å²) in [5.74, 6) is 0.400. The summed E-state index contributed by atoms with van der Waals surface area (Å²) in [6.45, 7) is 4.59. The molecule has 100 valence electrons. The smallest absolute Gasteiger partial charge is 0.289 e. The first-order valence-corrected chi connectivity index (χ1v) is 7.95. The van der Waals surface area contributed by atoms with Gasteiger partial charge in [0.05, 0.1) is 0 Å². The van der Waals surface area contributed by atoms with Crippen LogP contribution < -0.4 is 0 Å². The lowest BCUT2D eigenvalue weighted by Gasteiger charge is -2.20. The second-order valence-electron chi connectivity index (χ2n) is 4.28. The summed E-state index contributed by atoms with van der Waals surface area (Å²) in [6.07, 6.45) is 1.01. The summed E-state index contributed by atoms with van der Waals surface area (Å²) in [6, 6.07) is 3.47. The van der Waals surface area contributed by atoms with Gasteiger partial charge in [0.25, 0.3) is 5.91 Å². The third-order valence-electron chi connectivity index (χ3n) is 3.06. The van der Waals surface area contributed by atoms with Gasteiger partial charge >= 0.3 is 0 Å². The maximum Gasteiger partial charge on any atom is 0.289 e. The monoisotopic (exact) mass is 378 g/mol. The second kappa shape index (κ2) is 6.73. The van der Waals surface area contributed by atoms with Gasteiger partial charge in [0.1, 0.15) is 0 Å². The summed E-state index contributed by atoms with van der Waals surface area (Å²) in [5, 5.41) is 0.978. The number of rotatable bonds is 3. The Morgan fingerprint density at radius 1 is 1.28 bits per heavy atom. The molecule has 6 heteroatoms. The van der Waals surface area contributed by atoms with Gasteiger partial charge in [0.2, 0.25) is 0 Å². The first-order chi connectivity index (χ1) is 8.70. The van der Waals surface area contributed by atoms with E-state index >= 15 is 0 Å². The Morgan fingerprint density at radius 3 is 2.78 bits per heavy atom. The quantitative estimate of drug-likeness (QED) is 0.757. The molecule has 0 saturated carbocycles. The van der Waals surface area contributed by atoms with Crippen LogP contribution in [0, 0.1) is 0 Å². The summed E-state index contributed by atoms with van der Waals surface area (Å²) < 4.78 is 5.92. The van der Waals surface area contributed by atoms with Crippen molar-refractivity contribution in [3.63, 3.8) is 0 Å². The molecule has 0 aromatic carbocycles. The fraction of sp³-hybridized carbons (Fsp3) is 0.583. The molecule has 0 aliphatic carbocycles. The van der Waals surface area contributed by atoms with Crippen LogP contribution in [-0.4, -0.2) is 53.8 Å². The molecule has 0 bridgehead atoms. The van der Waals surface area contributed by atoms with Gasteiger partial charge in [0, 0.05) is 31.5 Å². The van der Waals surface area contributed by atoms with Crippen LogP contribution in [0.25, 0.3) is 0 Å². The summed E-state index contributed by atoms with van der Waals surface area (Å²) in [7, 11) is 0. The third kappa shape index (κ3) is 3.59. The number of carbonyl (C=O) groups excluding carboxylic acids is 1. The highest BCUT2D eigenvalue weighted by Gasteiger charge is 2.22. The predicted molar refractivity (Wildman–Crippen MR) is 77.2 cm³/mol. The first-order valence-electron chi connectivity index (χ1n) is 6.03. The van der Waals surface area contributed by atoms with Gasteiger partial charge in [-0.05, 0) is 41.0 Å². The van der Waals surface area contributed by atoms with Gasteiger partial charge in [-0.1, -0.05) is 15.9 Å². The van der Waals surface area contributed by atoms with Crippen LogP contribution in [0.4, 0.5) is 0 Å².